The van der Waals surface area contributed by atoms with Crippen LogP contribution in [0.4, 0.5) is 0 Å². The van der Waals surface area contributed by atoms with Gasteiger partial charge in [0.15, 0.2) is 0 Å². The molecular weight excluding hydrogens is 335 g/mol. The highest BCUT2D eigenvalue weighted by atomic mass is 31.1. The number of hydrogen-bond acceptors (Lipinski definition) is 1. The topological polar surface area (TPSA) is 17.1 Å². The molecule has 0 aromatic heterocycles. The Kier molecular flexibility index (Phi) is 6.80. The highest BCUT2D eigenvalue weighted by Gasteiger charge is 2.37. The first-order chi connectivity index (χ1) is 12.1. The predicted octanol–water partition coefficient (Wildman–Crippen LogP) is 7.60. The number of rotatable bonds is 6. The van der Waals surface area contributed by atoms with E-state index in [1.165, 1.54) is 27.8 Å². The first-order valence-corrected chi connectivity index (χ1v) is 11.2. The van der Waals surface area contributed by atoms with Gasteiger partial charge in [-0.05, 0) is 49.3 Å². The molecule has 0 fully saturated rings. The molecular formula is C24H34OP+. The second-order valence-corrected chi connectivity index (χ2v) is 10.7. The van der Waals surface area contributed by atoms with Crippen molar-refractivity contribution in [3.05, 3.63) is 70.3 Å². The molecule has 2 aromatic rings. The van der Waals surface area contributed by atoms with Gasteiger partial charge in [0.25, 0.3) is 0 Å². The summed E-state index contributed by atoms with van der Waals surface area (Å²) >= 11 is 0. The van der Waals surface area contributed by atoms with Gasteiger partial charge in [0.1, 0.15) is 6.16 Å². The van der Waals surface area contributed by atoms with Crippen molar-refractivity contribution in [1.82, 2.24) is 0 Å². The molecule has 26 heavy (non-hydrogen) atoms. The van der Waals surface area contributed by atoms with Gasteiger partial charge in [-0.25, -0.2) is 0 Å². The SMILES string of the molecule is Cc1ccc(C)c(C(c2ccccc2)[P+](=O)CC(C)CC(C)(C)C)c1C. The smallest absolute Gasteiger partial charge is 0.0737 e. The standard InChI is InChI=1S/C24H34OP/c1-17(15-24(5,6)7)16-26(25)23(21-11-9-8-10-12-21)22-19(3)14-13-18(2)20(22)4/h8-14,17,23H,15-16H2,1-7H3/q+1. The highest BCUT2D eigenvalue weighted by molar-refractivity contribution is 7.45. The van der Waals surface area contributed by atoms with Crippen molar-refractivity contribution in [1.29, 1.82) is 0 Å². The molecule has 0 saturated carbocycles. The highest BCUT2D eigenvalue weighted by Crippen LogP contribution is 2.50. The van der Waals surface area contributed by atoms with Crippen LogP contribution in [0.2, 0.25) is 0 Å². The molecule has 3 unspecified atom stereocenters. The Morgan fingerprint density at radius 2 is 1.50 bits per heavy atom. The molecule has 0 aliphatic carbocycles. The van der Waals surface area contributed by atoms with E-state index >= 15 is 0 Å². The third-order valence-electron chi connectivity index (χ3n) is 5.13. The molecule has 0 spiro atoms. The van der Waals surface area contributed by atoms with E-state index in [1.807, 2.05) is 6.07 Å². The Bertz CT molecular complexity index is 756. The largest absolute Gasteiger partial charge is 0.351 e. The first-order valence-electron chi connectivity index (χ1n) is 9.65. The van der Waals surface area contributed by atoms with Gasteiger partial charge in [-0.3, -0.25) is 0 Å². The van der Waals surface area contributed by atoms with E-state index in [9.17, 15) is 4.57 Å². The van der Waals surface area contributed by atoms with E-state index in [0.29, 0.717) is 5.92 Å². The molecule has 2 heteroatoms. The monoisotopic (exact) mass is 369 g/mol. The van der Waals surface area contributed by atoms with E-state index in [4.69, 9.17) is 0 Å². The zero-order valence-corrected chi connectivity index (χ0v) is 18.4. The van der Waals surface area contributed by atoms with Crippen molar-refractivity contribution < 1.29 is 4.57 Å². The summed E-state index contributed by atoms with van der Waals surface area (Å²) in [5.74, 6) is 0.454. The van der Waals surface area contributed by atoms with Crippen molar-refractivity contribution in [2.45, 2.75) is 60.5 Å². The molecule has 3 atom stereocenters. The van der Waals surface area contributed by atoms with Gasteiger partial charge in [-0.15, -0.1) is 0 Å². The van der Waals surface area contributed by atoms with Crippen molar-refractivity contribution in [2.75, 3.05) is 6.16 Å². The predicted molar refractivity (Wildman–Crippen MR) is 115 cm³/mol. The van der Waals surface area contributed by atoms with Crippen LogP contribution < -0.4 is 0 Å². The second-order valence-electron chi connectivity index (χ2n) is 9.02. The lowest BCUT2D eigenvalue weighted by molar-refractivity contribution is 0.321. The van der Waals surface area contributed by atoms with E-state index in [0.717, 1.165) is 12.6 Å². The summed E-state index contributed by atoms with van der Waals surface area (Å²) in [5.41, 5.74) is 6.49. The maximum atomic E-state index is 13.6. The van der Waals surface area contributed by atoms with Crippen LogP contribution in [0, 0.1) is 32.1 Å². The number of benzene rings is 2. The Hall–Kier alpha value is -1.46. The number of aryl methyl sites for hydroxylation is 2. The summed E-state index contributed by atoms with van der Waals surface area (Å²) in [4.78, 5) is 0. The molecule has 140 valence electrons. The molecule has 0 amide bonds. The van der Waals surface area contributed by atoms with E-state index in [2.05, 4.69) is 84.9 Å². The molecule has 0 aliphatic heterocycles. The van der Waals surface area contributed by atoms with Crippen molar-refractivity contribution in [3.63, 3.8) is 0 Å². The molecule has 0 bridgehead atoms. The van der Waals surface area contributed by atoms with Crippen molar-refractivity contribution >= 4 is 7.80 Å². The fourth-order valence-electron chi connectivity index (χ4n) is 4.03. The molecule has 1 nitrogen and oxygen atoms in total. The summed E-state index contributed by atoms with van der Waals surface area (Å²) in [7, 11) is -1.38. The Morgan fingerprint density at radius 3 is 2.08 bits per heavy atom. The lowest BCUT2D eigenvalue weighted by atomic mass is 9.86. The summed E-state index contributed by atoms with van der Waals surface area (Å²) < 4.78 is 13.6. The van der Waals surface area contributed by atoms with Crippen LogP contribution in [0.5, 0.6) is 0 Å². The second kappa shape index (κ2) is 8.49. The summed E-state index contributed by atoms with van der Waals surface area (Å²) in [6, 6.07) is 14.8. The van der Waals surface area contributed by atoms with E-state index in [-0.39, 0.29) is 11.1 Å². The molecule has 0 saturated heterocycles. The minimum absolute atomic E-state index is 0.0199. The zero-order valence-electron chi connectivity index (χ0n) is 17.5. The van der Waals surface area contributed by atoms with Gasteiger partial charge in [0, 0.05) is 17.0 Å². The van der Waals surface area contributed by atoms with Crippen LogP contribution in [0.3, 0.4) is 0 Å². The van der Waals surface area contributed by atoms with Crippen LogP contribution in [0.1, 0.15) is 67.6 Å². The van der Waals surface area contributed by atoms with Crippen LogP contribution in [0.25, 0.3) is 0 Å². The van der Waals surface area contributed by atoms with Gasteiger partial charge < -0.3 is 0 Å². The van der Waals surface area contributed by atoms with Crippen molar-refractivity contribution in [3.8, 4) is 0 Å². The van der Waals surface area contributed by atoms with Gasteiger partial charge in [0.05, 0.1) is 0 Å². The summed E-state index contributed by atoms with van der Waals surface area (Å²) in [6.07, 6.45) is 1.88. The lowest BCUT2D eigenvalue weighted by Gasteiger charge is -2.22. The van der Waals surface area contributed by atoms with Crippen LogP contribution in [-0.2, 0) is 4.57 Å². The Morgan fingerprint density at radius 1 is 0.923 bits per heavy atom. The molecule has 2 aromatic carbocycles. The van der Waals surface area contributed by atoms with Gasteiger partial charge in [-0.2, -0.15) is 0 Å². The Balaban J connectivity index is 2.44. The third kappa shape index (κ3) is 5.27. The van der Waals surface area contributed by atoms with Crippen LogP contribution >= 0.6 is 7.80 Å². The molecule has 0 radical (unpaired) electrons. The minimum atomic E-state index is -1.38. The molecule has 2 rings (SSSR count). The zero-order chi connectivity index (χ0) is 19.5. The van der Waals surface area contributed by atoms with E-state index in [1.54, 1.807) is 0 Å². The minimum Gasteiger partial charge on any atom is -0.0737 e. The normalized spacial score (nSPS) is 14.8. The Labute approximate surface area is 161 Å². The van der Waals surface area contributed by atoms with Crippen LogP contribution in [-0.4, -0.2) is 6.16 Å². The summed E-state index contributed by atoms with van der Waals surface area (Å²) in [6.45, 7) is 15.5. The van der Waals surface area contributed by atoms with Crippen LogP contribution in [0.15, 0.2) is 42.5 Å². The fraction of sp³-hybridized carbons (Fsp3) is 0.500. The molecule has 0 aliphatic rings. The maximum absolute atomic E-state index is 13.6. The summed E-state index contributed by atoms with van der Waals surface area (Å²) in [5, 5.41) is 0. The molecule has 0 N–H and O–H groups in total. The quantitative estimate of drug-likeness (QED) is 0.479. The first kappa shape index (κ1) is 20.8. The maximum Gasteiger partial charge on any atom is 0.351 e. The average Bonchev–Trinajstić information content (AvgIpc) is 2.54. The fourth-order valence-corrected chi connectivity index (χ4v) is 6.17. The van der Waals surface area contributed by atoms with Crippen molar-refractivity contribution in [2.24, 2.45) is 11.3 Å². The van der Waals surface area contributed by atoms with E-state index < -0.39 is 7.80 Å². The van der Waals surface area contributed by atoms with Gasteiger partial charge in [0.2, 0.25) is 5.66 Å². The average molecular weight is 370 g/mol. The third-order valence-corrected chi connectivity index (χ3v) is 7.25. The van der Waals surface area contributed by atoms with Gasteiger partial charge >= 0.3 is 7.80 Å². The van der Waals surface area contributed by atoms with Gasteiger partial charge in [-0.1, -0.05) is 74.7 Å². The lowest BCUT2D eigenvalue weighted by Crippen LogP contribution is -2.14. The number of hydrogen-bond donors (Lipinski definition) is 0. The molecule has 0 heterocycles.